The molecule has 0 fully saturated rings. The summed E-state index contributed by atoms with van der Waals surface area (Å²) in [5, 5.41) is 14.9. The number of amides is 1. The van der Waals surface area contributed by atoms with Crippen molar-refractivity contribution in [2.75, 3.05) is 16.4 Å². The first-order chi connectivity index (χ1) is 13.0. The molecule has 0 aliphatic rings. The van der Waals surface area contributed by atoms with E-state index in [0.717, 1.165) is 15.6 Å². The molecule has 3 rings (SSSR count). The van der Waals surface area contributed by atoms with Crippen molar-refractivity contribution in [2.45, 2.75) is 18.2 Å². The highest BCUT2D eigenvalue weighted by molar-refractivity contribution is 8.01. The van der Waals surface area contributed by atoms with Crippen LogP contribution in [0, 0.1) is 6.92 Å². The largest absolute Gasteiger partial charge is 0.330 e. The van der Waals surface area contributed by atoms with Crippen LogP contribution < -0.4 is 10.6 Å². The fourth-order valence-corrected chi connectivity index (χ4v) is 3.96. The van der Waals surface area contributed by atoms with Crippen LogP contribution in [0.3, 0.4) is 0 Å². The first-order valence-electron chi connectivity index (χ1n) is 8.21. The van der Waals surface area contributed by atoms with Crippen LogP contribution in [-0.4, -0.2) is 27.6 Å². The maximum absolute atomic E-state index is 12.3. The minimum absolute atomic E-state index is 0.00186. The number of carbonyl (C=O) groups excluding carboxylic acids is 2. The second-order valence-corrected chi connectivity index (χ2v) is 7.98. The zero-order valence-electron chi connectivity index (χ0n) is 14.9. The van der Waals surface area contributed by atoms with Gasteiger partial charge in [0.15, 0.2) is 10.1 Å². The lowest BCUT2D eigenvalue weighted by molar-refractivity contribution is -0.114. The summed E-state index contributed by atoms with van der Waals surface area (Å²) in [6.07, 6.45) is 0. The number of thioether (sulfide) groups is 1. The molecule has 6 nitrogen and oxygen atoms in total. The number of para-hydroxylation sites is 1. The summed E-state index contributed by atoms with van der Waals surface area (Å²) in [5.74, 6) is 0.132. The van der Waals surface area contributed by atoms with E-state index in [9.17, 15) is 9.59 Å². The second kappa shape index (κ2) is 8.79. The van der Waals surface area contributed by atoms with E-state index in [2.05, 4.69) is 20.8 Å². The molecule has 27 heavy (non-hydrogen) atoms. The van der Waals surface area contributed by atoms with Crippen molar-refractivity contribution in [1.29, 1.82) is 0 Å². The number of ketones is 1. The van der Waals surface area contributed by atoms with Crippen LogP contribution >= 0.6 is 23.1 Å². The molecule has 0 unspecified atom stereocenters. The average Bonchev–Trinajstić information content (AvgIpc) is 3.09. The molecule has 138 valence electrons. The number of anilines is 3. The second-order valence-electron chi connectivity index (χ2n) is 5.78. The maximum Gasteiger partial charge on any atom is 0.221 e. The van der Waals surface area contributed by atoms with Gasteiger partial charge in [-0.25, -0.2) is 0 Å². The van der Waals surface area contributed by atoms with Gasteiger partial charge in [-0.1, -0.05) is 41.3 Å². The lowest BCUT2D eigenvalue weighted by Crippen LogP contribution is -2.06. The van der Waals surface area contributed by atoms with E-state index in [0.29, 0.717) is 16.4 Å². The number of rotatable bonds is 7. The Morgan fingerprint density at radius 3 is 2.52 bits per heavy atom. The Morgan fingerprint density at radius 2 is 1.81 bits per heavy atom. The van der Waals surface area contributed by atoms with E-state index < -0.39 is 0 Å². The van der Waals surface area contributed by atoms with Crippen molar-refractivity contribution in [2.24, 2.45) is 0 Å². The van der Waals surface area contributed by atoms with Gasteiger partial charge in [-0.05, 0) is 42.8 Å². The van der Waals surface area contributed by atoms with Gasteiger partial charge in [0.25, 0.3) is 0 Å². The van der Waals surface area contributed by atoms with Crippen LogP contribution in [0.25, 0.3) is 0 Å². The molecule has 0 saturated carbocycles. The van der Waals surface area contributed by atoms with E-state index in [1.54, 1.807) is 24.3 Å². The Labute approximate surface area is 165 Å². The molecule has 2 aromatic carbocycles. The Morgan fingerprint density at radius 1 is 1.07 bits per heavy atom. The third-order valence-corrected chi connectivity index (χ3v) is 5.62. The van der Waals surface area contributed by atoms with Gasteiger partial charge in [0.05, 0.1) is 5.75 Å². The third kappa shape index (κ3) is 5.38. The molecule has 1 heterocycles. The molecule has 1 aromatic heterocycles. The molecule has 0 aliphatic heterocycles. The molecular formula is C19H18N4O2S2. The molecule has 8 heteroatoms. The Kier molecular flexibility index (Phi) is 6.20. The monoisotopic (exact) mass is 398 g/mol. The highest BCUT2D eigenvalue weighted by atomic mass is 32.2. The van der Waals surface area contributed by atoms with Crippen molar-refractivity contribution >= 4 is 51.3 Å². The van der Waals surface area contributed by atoms with Crippen molar-refractivity contribution < 1.29 is 9.59 Å². The normalized spacial score (nSPS) is 10.4. The summed E-state index contributed by atoms with van der Waals surface area (Å²) < 4.78 is 0.731. The Hall–Kier alpha value is -2.71. The number of aromatic nitrogens is 2. The molecule has 0 atom stereocenters. The number of aryl methyl sites for hydroxylation is 1. The standard InChI is InChI=1S/C19H18N4O2S2/c1-12-5-3-4-6-16(12)21-18-22-23-19(27-18)26-11-17(25)14-7-9-15(10-8-14)20-13(2)24/h3-10H,11H2,1-2H3,(H,20,24)(H,21,22). The lowest BCUT2D eigenvalue weighted by Gasteiger charge is -2.04. The van der Waals surface area contributed by atoms with E-state index >= 15 is 0 Å². The predicted molar refractivity (Wildman–Crippen MR) is 110 cm³/mol. The fraction of sp³-hybridized carbons (Fsp3) is 0.158. The van der Waals surface area contributed by atoms with Crippen molar-refractivity contribution in [3.63, 3.8) is 0 Å². The van der Waals surface area contributed by atoms with Gasteiger partial charge in [0.2, 0.25) is 11.0 Å². The molecule has 0 aliphatic carbocycles. The maximum atomic E-state index is 12.3. The summed E-state index contributed by atoms with van der Waals surface area (Å²) >= 11 is 2.77. The minimum Gasteiger partial charge on any atom is -0.330 e. The number of carbonyl (C=O) groups is 2. The quantitative estimate of drug-likeness (QED) is 0.450. The van der Waals surface area contributed by atoms with Gasteiger partial charge in [-0.3, -0.25) is 9.59 Å². The zero-order chi connectivity index (χ0) is 19.2. The van der Waals surface area contributed by atoms with Gasteiger partial charge in [0.1, 0.15) is 0 Å². The number of Topliss-reactive ketones (excluding diaryl/α,β-unsaturated/α-hetero) is 1. The fourth-order valence-electron chi connectivity index (χ4n) is 2.30. The molecule has 1 amide bonds. The van der Waals surface area contributed by atoms with E-state index in [1.807, 2.05) is 31.2 Å². The topological polar surface area (TPSA) is 84.0 Å². The molecule has 0 bridgehead atoms. The van der Waals surface area contributed by atoms with Crippen LogP contribution in [0.1, 0.15) is 22.8 Å². The SMILES string of the molecule is CC(=O)Nc1ccc(C(=O)CSc2nnc(Nc3ccccc3C)s2)cc1. The van der Waals surface area contributed by atoms with Crippen LogP contribution in [0.2, 0.25) is 0 Å². The zero-order valence-corrected chi connectivity index (χ0v) is 16.5. The van der Waals surface area contributed by atoms with Gasteiger partial charge < -0.3 is 10.6 Å². The number of nitrogens with zero attached hydrogens (tertiary/aromatic N) is 2. The smallest absolute Gasteiger partial charge is 0.221 e. The van der Waals surface area contributed by atoms with Gasteiger partial charge in [-0.15, -0.1) is 10.2 Å². The lowest BCUT2D eigenvalue weighted by atomic mass is 10.1. The third-order valence-electron chi connectivity index (χ3n) is 3.65. The molecular weight excluding hydrogens is 380 g/mol. The van der Waals surface area contributed by atoms with Crippen LogP contribution in [0.4, 0.5) is 16.5 Å². The first-order valence-corrected chi connectivity index (χ1v) is 10.0. The minimum atomic E-state index is -0.143. The highest BCUT2D eigenvalue weighted by Crippen LogP contribution is 2.29. The first kappa shape index (κ1) is 19.1. The van der Waals surface area contributed by atoms with Crippen molar-refractivity contribution in [3.05, 3.63) is 59.7 Å². The summed E-state index contributed by atoms with van der Waals surface area (Å²) in [7, 11) is 0. The average molecular weight is 399 g/mol. The summed E-state index contributed by atoms with van der Waals surface area (Å²) in [5.41, 5.74) is 3.38. The number of benzene rings is 2. The molecule has 2 N–H and O–H groups in total. The van der Waals surface area contributed by atoms with Gasteiger partial charge in [0, 0.05) is 23.9 Å². The van der Waals surface area contributed by atoms with Crippen LogP contribution in [0.5, 0.6) is 0 Å². The number of hydrogen-bond acceptors (Lipinski definition) is 7. The molecule has 0 saturated heterocycles. The van der Waals surface area contributed by atoms with Gasteiger partial charge >= 0.3 is 0 Å². The molecule has 3 aromatic rings. The Balaban J connectivity index is 1.55. The predicted octanol–water partition coefficient (Wildman–Crippen LogP) is 4.52. The van der Waals surface area contributed by atoms with Crippen molar-refractivity contribution in [1.82, 2.24) is 10.2 Å². The van der Waals surface area contributed by atoms with E-state index in [1.165, 1.54) is 30.0 Å². The highest BCUT2D eigenvalue weighted by Gasteiger charge is 2.11. The van der Waals surface area contributed by atoms with Crippen molar-refractivity contribution in [3.8, 4) is 0 Å². The van der Waals surface area contributed by atoms with Crippen LogP contribution in [0.15, 0.2) is 52.9 Å². The summed E-state index contributed by atoms with van der Waals surface area (Å²) in [4.78, 5) is 23.4. The van der Waals surface area contributed by atoms with Crippen LogP contribution in [-0.2, 0) is 4.79 Å². The molecule has 0 spiro atoms. The molecule has 0 radical (unpaired) electrons. The summed E-state index contributed by atoms with van der Waals surface area (Å²) in [6.45, 7) is 3.47. The Bertz CT molecular complexity index is 954. The number of nitrogens with one attached hydrogen (secondary N) is 2. The van der Waals surface area contributed by atoms with Gasteiger partial charge in [-0.2, -0.15) is 0 Å². The van der Waals surface area contributed by atoms with E-state index in [4.69, 9.17) is 0 Å². The summed E-state index contributed by atoms with van der Waals surface area (Å²) in [6, 6.07) is 14.8. The van der Waals surface area contributed by atoms with E-state index in [-0.39, 0.29) is 17.4 Å². The number of hydrogen-bond donors (Lipinski definition) is 2.